The van der Waals surface area contributed by atoms with Crippen LogP contribution in [0.2, 0.25) is 0 Å². The molecular formula is C14H24N2O3S. The third kappa shape index (κ3) is 4.74. The van der Waals surface area contributed by atoms with E-state index >= 15 is 0 Å². The van der Waals surface area contributed by atoms with Gasteiger partial charge < -0.3 is 4.74 Å². The average Bonchev–Trinajstić information content (AvgIpc) is 2.88. The van der Waals surface area contributed by atoms with Crippen LogP contribution < -0.4 is 0 Å². The van der Waals surface area contributed by atoms with E-state index in [1.165, 1.54) is 7.11 Å². The molecule has 2 atom stereocenters. The summed E-state index contributed by atoms with van der Waals surface area (Å²) in [4.78, 5) is 11.2. The summed E-state index contributed by atoms with van der Waals surface area (Å²) >= 11 is 0. The Morgan fingerprint density at radius 3 is 2.65 bits per heavy atom. The maximum Gasteiger partial charge on any atom is 0.306 e. The highest BCUT2D eigenvalue weighted by Crippen LogP contribution is 2.16. The summed E-state index contributed by atoms with van der Waals surface area (Å²) in [6.45, 7) is 6.06. The third-order valence-electron chi connectivity index (χ3n) is 3.40. The first-order valence-electron chi connectivity index (χ1n) is 6.99. The summed E-state index contributed by atoms with van der Waals surface area (Å²) in [5.41, 5.74) is 0.812. The van der Waals surface area contributed by atoms with Gasteiger partial charge in [0.2, 0.25) is 0 Å². The smallest absolute Gasteiger partial charge is 0.306 e. The van der Waals surface area contributed by atoms with Crippen molar-refractivity contribution in [2.75, 3.05) is 7.11 Å². The zero-order valence-corrected chi connectivity index (χ0v) is 13.5. The number of hydrogen-bond donors (Lipinski definition) is 0. The van der Waals surface area contributed by atoms with Crippen molar-refractivity contribution < 1.29 is 13.7 Å². The zero-order chi connectivity index (χ0) is 15.1. The molecule has 0 amide bonds. The first-order valence-corrected chi connectivity index (χ1v) is 8.38. The second kappa shape index (κ2) is 8.19. The highest BCUT2D eigenvalue weighted by molar-refractivity contribution is 7.84. The van der Waals surface area contributed by atoms with Gasteiger partial charge in [-0.3, -0.25) is 13.7 Å². The van der Waals surface area contributed by atoms with Crippen molar-refractivity contribution in [3.05, 3.63) is 18.0 Å². The molecule has 5 nitrogen and oxygen atoms in total. The van der Waals surface area contributed by atoms with Crippen molar-refractivity contribution >= 4 is 16.8 Å². The molecule has 1 aromatic rings. The normalized spacial score (nSPS) is 14.2. The molecule has 1 aromatic heterocycles. The van der Waals surface area contributed by atoms with Crippen LogP contribution in [0.4, 0.5) is 0 Å². The SMILES string of the molecule is CCC(CC)n1ccc(CS(=O)C(C)CC(=O)OC)n1. The van der Waals surface area contributed by atoms with Crippen molar-refractivity contribution in [2.24, 2.45) is 0 Å². The second-order valence-electron chi connectivity index (χ2n) is 4.87. The van der Waals surface area contributed by atoms with Crippen LogP contribution in [0.5, 0.6) is 0 Å². The number of carbonyl (C=O) groups excluding carboxylic acids is 1. The molecule has 0 saturated carbocycles. The zero-order valence-electron chi connectivity index (χ0n) is 12.7. The van der Waals surface area contributed by atoms with Crippen LogP contribution in [0.3, 0.4) is 0 Å². The van der Waals surface area contributed by atoms with Crippen LogP contribution in [0.15, 0.2) is 12.3 Å². The second-order valence-corrected chi connectivity index (χ2v) is 6.73. The van der Waals surface area contributed by atoms with E-state index < -0.39 is 10.8 Å². The number of ether oxygens (including phenoxy) is 1. The molecule has 0 fully saturated rings. The molecule has 0 spiro atoms. The number of nitrogens with zero attached hydrogens (tertiary/aromatic N) is 2. The van der Waals surface area contributed by atoms with Gasteiger partial charge in [-0.15, -0.1) is 0 Å². The van der Waals surface area contributed by atoms with E-state index in [0.29, 0.717) is 11.8 Å². The van der Waals surface area contributed by atoms with Crippen LogP contribution in [0, 0.1) is 0 Å². The van der Waals surface area contributed by atoms with E-state index in [0.717, 1.165) is 18.5 Å². The number of carbonyl (C=O) groups is 1. The molecule has 0 saturated heterocycles. The Kier molecular flexibility index (Phi) is 6.91. The van der Waals surface area contributed by atoms with E-state index in [2.05, 4.69) is 23.7 Å². The van der Waals surface area contributed by atoms with Crippen molar-refractivity contribution in [3.8, 4) is 0 Å². The Hall–Kier alpha value is -1.17. The van der Waals surface area contributed by atoms with Gasteiger partial charge in [-0.05, 0) is 18.9 Å². The molecule has 114 valence electrons. The molecule has 0 aliphatic heterocycles. The fourth-order valence-corrected chi connectivity index (χ4v) is 3.07. The van der Waals surface area contributed by atoms with E-state index in [1.54, 1.807) is 6.92 Å². The Labute approximate surface area is 123 Å². The van der Waals surface area contributed by atoms with Crippen molar-refractivity contribution in [2.45, 2.75) is 57.1 Å². The topological polar surface area (TPSA) is 61.2 Å². The maximum atomic E-state index is 12.1. The number of aromatic nitrogens is 2. The molecule has 6 heteroatoms. The molecule has 0 bridgehead atoms. The summed E-state index contributed by atoms with van der Waals surface area (Å²) in [6.07, 6.45) is 4.17. The summed E-state index contributed by atoms with van der Waals surface area (Å²) in [5, 5.41) is 4.26. The monoisotopic (exact) mass is 300 g/mol. The minimum Gasteiger partial charge on any atom is -0.469 e. The first kappa shape index (κ1) is 16.9. The minimum absolute atomic E-state index is 0.177. The Balaban J connectivity index is 2.60. The van der Waals surface area contributed by atoms with E-state index in [4.69, 9.17) is 0 Å². The lowest BCUT2D eigenvalue weighted by atomic mass is 10.2. The summed E-state index contributed by atoms with van der Waals surface area (Å²) in [7, 11) is 0.224. The maximum absolute atomic E-state index is 12.1. The van der Waals surface area contributed by atoms with E-state index in [1.807, 2.05) is 16.9 Å². The lowest BCUT2D eigenvalue weighted by molar-refractivity contribution is -0.140. The molecule has 1 heterocycles. The van der Waals surface area contributed by atoms with Crippen molar-refractivity contribution in [1.82, 2.24) is 9.78 Å². The molecular weight excluding hydrogens is 276 g/mol. The Morgan fingerprint density at radius 1 is 1.45 bits per heavy atom. The van der Waals surface area contributed by atoms with Crippen molar-refractivity contribution in [1.29, 1.82) is 0 Å². The average molecular weight is 300 g/mol. The molecule has 20 heavy (non-hydrogen) atoms. The largest absolute Gasteiger partial charge is 0.469 e. The summed E-state index contributed by atoms with van der Waals surface area (Å²) < 4.78 is 18.7. The van der Waals surface area contributed by atoms with Gasteiger partial charge >= 0.3 is 5.97 Å². The van der Waals surface area contributed by atoms with Gasteiger partial charge in [-0.2, -0.15) is 5.10 Å². The predicted molar refractivity (Wildman–Crippen MR) is 79.8 cm³/mol. The molecule has 0 radical (unpaired) electrons. The van der Waals surface area contributed by atoms with Gasteiger partial charge in [-0.1, -0.05) is 20.8 Å². The lowest BCUT2D eigenvalue weighted by Gasteiger charge is -2.12. The lowest BCUT2D eigenvalue weighted by Crippen LogP contribution is -2.18. The number of esters is 1. The molecule has 0 aromatic carbocycles. The van der Waals surface area contributed by atoms with Gasteiger partial charge in [0.1, 0.15) is 0 Å². The molecule has 2 unspecified atom stereocenters. The molecule has 0 aliphatic rings. The molecule has 1 rings (SSSR count). The predicted octanol–water partition coefficient (Wildman–Crippen LogP) is 2.44. The summed E-state index contributed by atoms with van der Waals surface area (Å²) in [5.74, 6) is 0.0547. The highest BCUT2D eigenvalue weighted by atomic mass is 32.2. The van der Waals surface area contributed by atoms with Crippen LogP contribution >= 0.6 is 0 Å². The van der Waals surface area contributed by atoms with Gasteiger partial charge in [0, 0.05) is 22.2 Å². The quantitative estimate of drug-likeness (QED) is 0.692. The number of rotatable bonds is 8. The number of hydrogen-bond acceptors (Lipinski definition) is 4. The Morgan fingerprint density at radius 2 is 2.10 bits per heavy atom. The van der Waals surface area contributed by atoms with Crippen molar-refractivity contribution in [3.63, 3.8) is 0 Å². The molecule has 0 N–H and O–H groups in total. The molecule has 0 aliphatic carbocycles. The highest BCUT2D eigenvalue weighted by Gasteiger charge is 2.17. The fourth-order valence-electron chi connectivity index (χ4n) is 2.02. The van der Waals surface area contributed by atoms with Gasteiger partial charge in [0.15, 0.2) is 0 Å². The van der Waals surface area contributed by atoms with Crippen LogP contribution in [0.25, 0.3) is 0 Å². The van der Waals surface area contributed by atoms with E-state index in [-0.39, 0.29) is 17.6 Å². The third-order valence-corrected chi connectivity index (χ3v) is 5.05. The summed E-state index contributed by atoms with van der Waals surface area (Å²) in [6, 6.07) is 2.30. The standard InChI is InChI=1S/C14H24N2O3S/c1-5-13(6-2)16-8-7-12(15-16)10-20(18)11(3)9-14(17)19-4/h7-8,11,13H,5-6,9-10H2,1-4H3. The van der Waals surface area contributed by atoms with Gasteiger partial charge in [0.05, 0.1) is 31.0 Å². The van der Waals surface area contributed by atoms with Crippen LogP contribution in [-0.2, 0) is 26.1 Å². The first-order chi connectivity index (χ1) is 9.51. The number of methoxy groups -OCH3 is 1. The fraction of sp³-hybridized carbons (Fsp3) is 0.714. The van der Waals surface area contributed by atoms with E-state index in [9.17, 15) is 9.00 Å². The van der Waals surface area contributed by atoms with Crippen LogP contribution in [0.1, 0.15) is 51.8 Å². The minimum atomic E-state index is -1.12. The van der Waals surface area contributed by atoms with Gasteiger partial charge in [0.25, 0.3) is 0 Å². The Bertz CT molecular complexity index is 455. The van der Waals surface area contributed by atoms with Crippen LogP contribution in [-0.4, -0.2) is 32.3 Å². The van der Waals surface area contributed by atoms with Gasteiger partial charge in [-0.25, -0.2) is 0 Å².